The SMILES string of the molecule is O=C[C@@H]1[C@@H](CC(=O)O)[C@@H](O)C[C@H]1OC(=O)c1ccc(-c2ccccc2)cc1. The third-order valence-electron chi connectivity index (χ3n) is 4.95. The van der Waals surface area contributed by atoms with Crippen LogP contribution in [0.4, 0.5) is 0 Å². The zero-order valence-corrected chi connectivity index (χ0v) is 14.5. The number of rotatable bonds is 6. The molecule has 0 aromatic heterocycles. The molecule has 4 atom stereocenters. The van der Waals surface area contributed by atoms with E-state index in [-0.39, 0.29) is 12.8 Å². The average Bonchev–Trinajstić information content (AvgIpc) is 2.96. The van der Waals surface area contributed by atoms with Gasteiger partial charge in [0, 0.05) is 12.3 Å². The van der Waals surface area contributed by atoms with Crippen LogP contribution in [0.1, 0.15) is 23.2 Å². The molecule has 0 unspecified atom stereocenters. The Balaban J connectivity index is 1.69. The van der Waals surface area contributed by atoms with Crippen LogP contribution in [-0.2, 0) is 14.3 Å². The van der Waals surface area contributed by atoms with E-state index in [9.17, 15) is 19.5 Å². The first-order chi connectivity index (χ1) is 13.0. The number of esters is 1. The lowest BCUT2D eigenvalue weighted by atomic mass is 9.92. The van der Waals surface area contributed by atoms with Gasteiger partial charge in [0.15, 0.2) is 0 Å². The standard InChI is InChI=1S/C21H20O6/c22-12-17-16(10-20(24)25)18(23)11-19(17)27-21(26)15-8-6-14(7-9-15)13-4-2-1-3-5-13/h1-9,12,16-19,23H,10-11H2,(H,24,25)/t16-,17-,18+,19-/m1/s1. The minimum absolute atomic E-state index is 0.0508. The lowest BCUT2D eigenvalue weighted by Gasteiger charge is -2.19. The highest BCUT2D eigenvalue weighted by Crippen LogP contribution is 2.36. The Labute approximate surface area is 156 Å². The van der Waals surface area contributed by atoms with Crippen molar-refractivity contribution in [1.82, 2.24) is 0 Å². The quantitative estimate of drug-likeness (QED) is 0.600. The van der Waals surface area contributed by atoms with Crippen LogP contribution in [0.25, 0.3) is 11.1 Å². The summed E-state index contributed by atoms with van der Waals surface area (Å²) in [5.74, 6) is -3.29. The molecular weight excluding hydrogens is 348 g/mol. The zero-order chi connectivity index (χ0) is 19.4. The molecule has 27 heavy (non-hydrogen) atoms. The first-order valence-electron chi connectivity index (χ1n) is 8.71. The Bertz CT molecular complexity index is 814. The van der Waals surface area contributed by atoms with Crippen molar-refractivity contribution in [2.45, 2.75) is 25.0 Å². The van der Waals surface area contributed by atoms with E-state index < -0.39 is 36.0 Å². The van der Waals surface area contributed by atoms with Gasteiger partial charge in [0.1, 0.15) is 12.4 Å². The van der Waals surface area contributed by atoms with Crippen LogP contribution in [-0.4, -0.2) is 40.6 Å². The molecule has 140 valence electrons. The summed E-state index contributed by atoms with van der Waals surface area (Å²) in [7, 11) is 0. The van der Waals surface area contributed by atoms with E-state index in [1.54, 1.807) is 24.3 Å². The third kappa shape index (κ3) is 4.23. The number of aliphatic hydroxyl groups excluding tert-OH is 1. The number of aldehydes is 1. The van der Waals surface area contributed by atoms with Gasteiger partial charge in [-0.1, -0.05) is 42.5 Å². The molecule has 0 spiro atoms. The number of aliphatic carboxylic acids is 1. The van der Waals surface area contributed by atoms with Gasteiger partial charge in [0.25, 0.3) is 0 Å². The van der Waals surface area contributed by atoms with Gasteiger partial charge in [0.05, 0.1) is 24.0 Å². The molecule has 1 saturated carbocycles. The number of hydrogen-bond donors (Lipinski definition) is 2. The Hall–Kier alpha value is -2.99. The summed E-state index contributed by atoms with van der Waals surface area (Å²) in [6.07, 6.45) is -1.54. The molecule has 0 saturated heterocycles. The molecule has 2 aromatic carbocycles. The number of ether oxygens (including phenoxy) is 1. The number of carboxylic acid groups (broad SMARTS) is 1. The molecule has 0 amide bonds. The molecule has 1 aliphatic rings. The van der Waals surface area contributed by atoms with Crippen molar-refractivity contribution in [3.63, 3.8) is 0 Å². The highest BCUT2D eigenvalue weighted by Gasteiger charge is 2.45. The summed E-state index contributed by atoms with van der Waals surface area (Å²) in [5.41, 5.74) is 2.31. The van der Waals surface area contributed by atoms with Crippen LogP contribution in [0.2, 0.25) is 0 Å². The van der Waals surface area contributed by atoms with Gasteiger partial charge in [-0.15, -0.1) is 0 Å². The summed E-state index contributed by atoms with van der Waals surface area (Å²) < 4.78 is 5.41. The average molecular weight is 368 g/mol. The molecule has 3 rings (SSSR count). The smallest absolute Gasteiger partial charge is 0.338 e. The lowest BCUT2D eigenvalue weighted by molar-refractivity contribution is -0.139. The molecule has 1 fully saturated rings. The zero-order valence-electron chi connectivity index (χ0n) is 14.5. The first-order valence-corrected chi connectivity index (χ1v) is 8.71. The number of benzene rings is 2. The van der Waals surface area contributed by atoms with Crippen LogP contribution in [0, 0.1) is 11.8 Å². The van der Waals surface area contributed by atoms with Crippen LogP contribution in [0.3, 0.4) is 0 Å². The van der Waals surface area contributed by atoms with Crippen LogP contribution >= 0.6 is 0 Å². The van der Waals surface area contributed by atoms with Crippen LogP contribution in [0.15, 0.2) is 54.6 Å². The maximum absolute atomic E-state index is 12.4. The van der Waals surface area contributed by atoms with Crippen molar-refractivity contribution in [3.8, 4) is 11.1 Å². The Morgan fingerprint density at radius 2 is 1.67 bits per heavy atom. The van der Waals surface area contributed by atoms with Gasteiger partial charge < -0.3 is 19.7 Å². The second-order valence-electron chi connectivity index (χ2n) is 6.67. The first kappa shape index (κ1) is 18.8. The molecule has 2 aromatic rings. The topological polar surface area (TPSA) is 101 Å². The highest BCUT2D eigenvalue weighted by molar-refractivity contribution is 5.90. The van der Waals surface area contributed by atoms with Crippen molar-refractivity contribution in [1.29, 1.82) is 0 Å². The van der Waals surface area contributed by atoms with Gasteiger partial charge >= 0.3 is 11.9 Å². The van der Waals surface area contributed by atoms with Crippen molar-refractivity contribution in [2.24, 2.45) is 11.8 Å². The summed E-state index contributed by atoms with van der Waals surface area (Å²) in [5, 5.41) is 19.0. The Kier molecular flexibility index (Phi) is 5.66. The van der Waals surface area contributed by atoms with Crippen LogP contribution in [0.5, 0.6) is 0 Å². The molecule has 0 heterocycles. The van der Waals surface area contributed by atoms with Crippen LogP contribution < -0.4 is 0 Å². The summed E-state index contributed by atoms with van der Waals surface area (Å²) in [6.45, 7) is 0. The predicted molar refractivity (Wildman–Crippen MR) is 97.0 cm³/mol. The lowest BCUT2D eigenvalue weighted by Crippen LogP contribution is -2.28. The van der Waals surface area contributed by atoms with Crippen molar-refractivity contribution < 1.29 is 29.3 Å². The fourth-order valence-corrected chi connectivity index (χ4v) is 3.53. The molecule has 6 nitrogen and oxygen atoms in total. The van der Waals surface area contributed by atoms with Gasteiger partial charge in [-0.25, -0.2) is 4.79 Å². The maximum Gasteiger partial charge on any atom is 0.338 e. The van der Waals surface area contributed by atoms with E-state index in [0.29, 0.717) is 11.8 Å². The van der Waals surface area contributed by atoms with Gasteiger partial charge in [-0.3, -0.25) is 4.79 Å². The number of carbonyl (C=O) groups excluding carboxylic acids is 2. The number of carboxylic acids is 1. The Morgan fingerprint density at radius 1 is 1.04 bits per heavy atom. The van der Waals surface area contributed by atoms with Gasteiger partial charge in [0.2, 0.25) is 0 Å². The van der Waals surface area contributed by atoms with E-state index in [4.69, 9.17) is 9.84 Å². The van der Waals surface area contributed by atoms with E-state index >= 15 is 0 Å². The van der Waals surface area contributed by atoms with E-state index in [1.165, 1.54) is 0 Å². The number of hydrogen-bond acceptors (Lipinski definition) is 5. The van der Waals surface area contributed by atoms with Crippen molar-refractivity contribution >= 4 is 18.2 Å². The molecule has 6 heteroatoms. The largest absolute Gasteiger partial charge is 0.481 e. The second kappa shape index (κ2) is 8.14. The summed E-state index contributed by atoms with van der Waals surface area (Å²) >= 11 is 0. The van der Waals surface area contributed by atoms with Gasteiger partial charge in [-0.2, -0.15) is 0 Å². The fraction of sp³-hybridized carbons (Fsp3) is 0.286. The van der Waals surface area contributed by atoms with Crippen molar-refractivity contribution in [2.75, 3.05) is 0 Å². The third-order valence-corrected chi connectivity index (χ3v) is 4.95. The number of aliphatic hydroxyl groups is 1. The monoisotopic (exact) mass is 368 g/mol. The van der Waals surface area contributed by atoms with E-state index in [0.717, 1.165) is 11.1 Å². The fourth-order valence-electron chi connectivity index (χ4n) is 3.53. The maximum atomic E-state index is 12.4. The minimum Gasteiger partial charge on any atom is -0.481 e. The van der Waals surface area contributed by atoms with E-state index in [1.807, 2.05) is 30.3 Å². The van der Waals surface area contributed by atoms with Gasteiger partial charge in [-0.05, 0) is 23.3 Å². The highest BCUT2D eigenvalue weighted by atomic mass is 16.5. The molecule has 2 N–H and O–H groups in total. The normalized spacial score (nSPS) is 24.3. The summed E-state index contributed by atoms with van der Waals surface area (Å²) in [6, 6.07) is 16.6. The molecule has 0 aliphatic heterocycles. The Morgan fingerprint density at radius 3 is 2.26 bits per heavy atom. The van der Waals surface area contributed by atoms with E-state index in [2.05, 4.69) is 0 Å². The molecular formula is C21H20O6. The second-order valence-corrected chi connectivity index (χ2v) is 6.67. The molecule has 0 bridgehead atoms. The summed E-state index contributed by atoms with van der Waals surface area (Å²) in [4.78, 5) is 34.7. The predicted octanol–water partition coefficient (Wildman–Crippen LogP) is 2.55. The minimum atomic E-state index is -1.10. The molecule has 1 aliphatic carbocycles. The van der Waals surface area contributed by atoms with Crippen molar-refractivity contribution in [3.05, 3.63) is 60.2 Å². The molecule has 0 radical (unpaired) electrons. The number of carbonyl (C=O) groups is 3.